The Hall–Kier alpha value is -2.43. The van der Waals surface area contributed by atoms with Crippen LogP contribution in [0.25, 0.3) is 0 Å². The first-order valence-electron chi connectivity index (χ1n) is 7.20. The van der Waals surface area contributed by atoms with Crippen molar-refractivity contribution in [1.29, 1.82) is 0 Å². The van der Waals surface area contributed by atoms with E-state index in [2.05, 4.69) is 10.2 Å². The van der Waals surface area contributed by atoms with Crippen molar-refractivity contribution in [1.82, 2.24) is 4.90 Å². The van der Waals surface area contributed by atoms with Crippen LogP contribution in [0.2, 0.25) is 0 Å². The molecule has 0 aromatic heterocycles. The second-order valence-corrected chi connectivity index (χ2v) is 5.38. The molecule has 0 saturated carbocycles. The number of benzene rings is 1. The highest BCUT2D eigenvalue weighted by Gasteiger charge is 2.37. The highest BCUT2D eigenvalue weighted by molar-refractivity contribution is 5.75. The molecule has 0 bridgehead atoms. The van der Waals surface area contributed by atoms with E-state index in [0.717, 1.165) is 25.9 Å². The second kappa shape index (κ2) is 6.99. The Morgan fingerprint density at radius 3 is 2.00 bits per heavy atom. The topological polar surface area (TPSA) is 102 Å². The van der Waals surface area contributed by atoms with Gasteiger partial charge in [-0.25, -0.2) is 0 Å². The molecule has 0 aliphatic carbocycles. The van der Waals surface area contributed by atoms with Crippen LogP contribution in [-0.4, -0.2) is 40.9 Å². The van der Waals surface area contributed by atoms with E-state index in [-0.39, 0.29) is 6.54 Å². The van der Waals surface area contributed by atoms with Gasteiger partial charge in [0.15, 0.2) is 5.69 Å². The van der Waals surface area contributed by atoms with Gasteiger partial charge >= 0.3 is 6.18 Å². The van der Waals surface area contributed by atoms with Gasteiger partial charge in [0, 0.05) is 25.2 Å². The maximum absolute atomic E-state index is 12.8. The Labute approximate surface area is 134 Å². The average molecular weight is 348 g/mol. The first-order valence-corrected chi connectivity index (χ1v) is 7.20. The lowest BCUT2D eigenvalue weighted by Gasteiger charge is -2.16. The minimum Gasteiger partial charge on any atom is -0.373 e. The number of hydrogen-bond donors (Lipinski definition) is 1. The quantitative estimate of drug-likeness (QED) is 0.626. The van der Waals surface area contributed by atoms with Crippen LogP contribution in [-0.2, 0) is 6.18 Å². The monoisotopic (exact) mass is 348 g/mol. The number of anilines is 1. The molecule has 1 N–H and O–H groups in total. The molecule has 24 heavy (non-hydrogen) atoms. The third-order valence-electron chi connectivity index (χ3n) is 3.75. The Bertz CT molecular complexity index is 610. The lowest BCUT2D eigenvalue weighted by atomic mass is 10.1. The van der Waals surface area contributed by atoms with Gasteiger partial charge in [0.1, 0.15) is 0 Å². The molecule has 2 rings (SSSR count). The minimum atomic E-state index is -4.91. The van der Waals surface area contributed by atoms with Crippen LogP contribution in [0.1, 0.15) is 18.4 Å². The summed E-state index contributed by atoms with van der Waals surface area (Å²) in [7, 11) is 0. The van der Waals surface area contributed by atoms with Crippen molar-refractivity contribution in [3.63, 3.8) is 0 Å². The van der Waals surface area contributed by atoms with Crippen LogP contribution >= 0.6 is 0 Å². The molecule has 0 radical (unpaired) electrons. The van der Waals surface area contributed by atoms with Gasteiger partial charge in [0.25, 0.3) is 11.4 Å². The Morgan fingerprint density at radius 1 is 1.08 bits per heavy atom. The number of nitrogens with zero attached hydrogens (tertiary/aromatic N) is 3. The van der Waals surface area contributed by atoms with Crippen molar-refractivity contribution in [3.05, 3.63) is 37.9 Å². The van der Waals surface area contributed by atoms with E-state index in [1.807, 2.05) is 0 Å². The molecule has 132 valence electrons. The zero-order valence-corrected chi connectivity index (χ0v) is 12.5. The van der Waals surface area contributed by atoms with Crippen molar-refractivity contribution in [2.24, 2.45) is 0 Å². The third kappa shape index (κ3) is 4.10. The lowest BCUT2D eigenvalue weighted by Crippen LogP contribution is -2.26. The molecule has 1 aliphatic rings. The van der Waals surface area contributed by atoms with Gasteiger partial charge in [0.2, 0.25) is 0 Å². The molecule has 0 atom stereocenters. The van der Waals surface area contributed by atoms with Crippen molar-refractivity contribution >= 4 is 17.1 Å². The normalized spacial score (nSPS) is 15.5. The summed E-state index contributed by atoms with van der Waals surface area (Å²) in [6, 6.07) is 0.621. The number of hydrogen-bond acceptors (Lipinski definition) is 6. The second-order valence-electron chi connectivity index (χ2n) is 5.38. The number of halogens is 3. The summed E-state index contributed by atoms with van der Waals surface area (Å²) in [6.07, 6.45) is -2.86. The first-order chi connectivity index (χ1) is 11.2. The molecule has 8 nitrogen and oxygen atoms in total. The number of likely N-dealkylation sites (tertiary alicyclic amines) is 1. The number of alkyl halides is 3. The number of nitro groups is 2. The molecule has 1 saturated heterocycles. The number of rotatable bonds is 6. The molecule has 0 spiro atoms. The van der Waals surface area contributed by atoms with Crippen molar-refractivity contribution in [3.8, 4) is 0 Å². The fraction of sp³-hybridized carbons (Fsp3) is 0.538. The van der Waals surface area contributed by atoms with E-state index in [1.165, 1.54) is 0 Å². The van der Waals surface area contributed by atoms with Gasteiger partial charge in [-0.3, -0.25) is 20.2 Å². The predicted octanol–water partition coefficient (Wildman–Crippen LogP) is 3.03. The highest BCUT2D eigenvalue weighted by atomic mass is 19.4. The van der Waals surface area contributed by atoms with Crippen LogP contribution in [0.15, 0.2) is 12.1 Å². The Kier molecular flexibility index (Phi) is 5.22. The number of nitrogens with one attached hydrogen (secondary N) is 1. The summed E-state index contributed by atoms with van der Waals surface area (Å²) in [5.41, 5.74) is -3.85. The molecule has 11 heteroatoms. The van der Waals surface area contributed by atoms with Crippen LogP contribution in [0.4, 0.5) is 30.2 Å². The fourth-order valence-electron chi connectivity index (χ4n) is 2.59. The largest absolute Gasteiger partial charge is 0.416 e. The summed E-state index contributed by atoms with van der Waals surface area (Å²) >= 11 is 0. The predicted molar refractivity (Wildman–Crippen MR) is 78.9 cm³/mol. The van der Waals surface area contributed by atoms with Crippen LogP contribution in [0.3, 0.4) is 0 Å². The van der Waals surface area contributed by atoms with Crippen LogP contribution in [0.5, 0.6) is 0 Å². The molecule has 1 aliphatic heterocycles. The number of nitro benzene ring substituents is 2. The van der Waals surface area contributed by atoms with E-state index in [4.69, 9.17) is 0 Å². The molecule has 1 aromatic carbocycles. The molecule has 1 heterocycles. The highest BCUT2D eigenvalue weighted by Crippen LogP contribution is 2.41. The Morgan fingerprint density at radius 2 is 1.58 bits per heavy atom. The lowest BCUT2D eigenvalue weighted by molar-refractivity contribution is -0.392. The zero-order valence-electron chi connectivity index (χ0n) is 12.5. The molecule has 0 amide bonds. The molecular weight excluding hydrogens is 333 g/mol. The van der Waals surface area contributed by atoms with E-state index in [0.29, 0.717) is 18.7 Å². The van der Waals surface area contributed by atoms with E-state index >= 15 is 0 Å². The van der Waals surface area contributed by atoms with Crippen LogP contribution in [0, 0.1) is 20.2 Å². The SMILES string of the molecule is O=[N+]([O-])c1cc(C(F)(F)F)cc([N+](=O)[O-])c1NCCN1CCCC1. The molecule has 1 fully saturated rings. The molecular formula is C13H15F3N4O4. The minimum absolute atomic E-state index is 0.160. The zero-order chi connectivity index (χ0) is 17.9. The van der Waals surface area contributed by atoms with Gasteiger partial charge in [-0.05, 0) is 25.9 Å². The smallest absolute Gasteiger partial charge is 0.373 e. The fourth-order valence-corrected chi connectivity index (χ4v) is 2.59. The standard InChI is InChI=1S/C13H15F3N4O4/c14-13(15,16)9-7-10(19(21)22)12(11(8-9)20(23)24)17-3-6-18-4-1-2-5-18/h7-8,17H,1-6H2. The summed E-state index contributed by atoms with van der Waals surface area (Å²) < 4.78 is 38.4. The van der Waals surface area contributed by atoms with Gasteiger partial charge in [-0.2, -0.15) is 13.2 Å². The Balaban J connectivity index is 2.32. The summed E-state index contributed by atoms with van der Waals surface area (Å²) in [5, 5.41) is 24.7. The summed E-state index contributed by atoms with van der Waals surface area (Å²) in [6.45, 7) is 2.38. The van der Waals surface area contributed by atoms with E-state index in [1.54, 1.807) is 0 Å². The van der Waals surface area contributed by atoms with Gasteiger partial charge < -0.3 is 10.2 Å². The van der Waals surface area contributed by atoms with Crippen molar-refractivity contribution in [2.45, 2.75) is 19.0 Å². The van der Waals surface area contributed by atoms with Gasteiger partial charge in [-0.15, -0.1) is 0 Å². The van der Waals surface area contributed by atoms with Crippen LogP contribution < -0.4 is 5.32 Å². The first kappa shape index (κ1) is 17.9. The summed E-state index contributed by atoms with van der Waals surface area (Å²) in [5.74, 6) is 0. The van der Waals surface area contributed by atoms with E-state index in [9.17, 15) is 33.4 Å². The third-order valence-corrected chi connectivity index (χ3v) is 3.75. The molecule has 0 unspecified atom stereocenters. The maximum atomic E-state index is 12.8. The van der Waals surface area contributed by atoms with Crippen molar-refractivity contribution in [2.75, 3.05) is 31.5 Å². The molecule has 1 aromatic rings. The van der Waals surface area contributed by atoms with Gasteiger partial charge in [0.05, 0.1) is 15.4 Å². The van der Waals surface area contributed by atoms with Crippen molar-refractivity contribution < 1.29 is 23.0 Å². The summed E-state index contributed by atoms with van der Waals surface area (Å²) in [4.78, 5) is 22.1. The van der Waals surface area contributed by atoms with Gasteiger partial charge in [-0.1, -0.05) is 0 Å². The average Bonchev–Trinajstić information content (AvgIpc) is 2.98. The van der Waals surface area contributed by atoms with E-state index < -0.39 is 38.6 Å². The maximum Gasteiger partial charge on any atom is 0.416 e.